The molecule has 2 aromatic heterocycles. The number of carbonyl (C=O) groups is 2. The predicted octanol–water partition coefficient (Wildman–Crippen LogP) is 1.93. The highest BCUT2D eigenvalue weighted by Crippen LogP contribution is 2.13. The van der Waals surface area contributed by atoms with Gasteiger partial charge in [-0.3, -0.25) is 4.79 Å². The van der Waals surface area contributed by atoms with Crippen LogP contribution in [-0.4, -0.2) is 27.0 Å². The number of carboxylic acid groups (broad SMARTS) is 1. The number of nitrogens with one attached hydrogen (secondary N) is 1. The van der Waals surface area contributed by atoms with Gasteiger partial charge in [0.25, 0.3) is 5.91 Å². The van der Waals surface area contributed by atoms with Gasteiger partial charge in [-0.1, -0.05) is 0 Å². The van der Waals surface area contributed by atoms with Crippen LogP contribution < -0.4 is 5.32 Å². The highest BCUT2D eigenvalue weighted by atomic mass is 79.9. The Morgan fingerprint density at radius 3 is 2.89 bits per heavy atom. The average Bonchev–Trinajstić information content (AvgIpc) is 2.85. The second kappa shape index (κ2) is 5.89. The van der Waals surface area contributed by atoms with Crippen molar-refractivity contribution >= 4 is 39.1 Å². The Bertz CT molecular complexity index is 629. The fourth-order valence-corrected chi connectivity index (χ4v) is 2.44. The highest BCUT2D eigenvalue weighted by molar-refractivity contribution is 9.10. The molecule has 0 unspecified atom stereocenters. The van der Waals surface area contributed by atoms with E-state index in [9.17, 15) is 9.59 Å². The van der Waals surface area contributed by atoms with Gasteiger partial charge in [-0.05, 0) is 28.1 Å². The van der Waals surface area contributed by atoms with Crippen molar-refractivity contribution in [3.63, 3.8) is 0 Å². The zero-order chi connectivity index (χ0) is 13.8. The molecule has 6 nitrogen and oxygen atoms in total. The first-order valence-electron chi connectivity index (χ1n) is 5.14. The summed E-state index contributed by atoms with van der Waals surface area (Å²) >= 11 is 4.37. The van der Waals surface area contributed by atoms with Crippen molar-refractivity contribution < 1.29 is 14.7 Å². The van der Waals surface area contributed by atoms with Crippen LogP contribution in [0.2, 0.25) is 0 Å². The van der Waals surface area contributed by atoms with E-state index in [1.54, 1.807) is 18.3 Å². The number of hydrogen-bond acceptors (Lipinski definition) is 5. The monoisotopic (exact) mass is 341 g/mol. The topological polar surface area (TPSA) is 92.2 Å². The summed E-state index contributed by atoms with van der Waals surface area (Å²) in [5, 5.41) is 13.4. The summed E-state index contributed by atoms with van der Waals surface area (Å²) in [7, 11) is 0. The molecule has 0 aliphatic heterocycles. The molecule has 2 heterocycles. The molecule has 0 fully saturated rings. The fourth-order valence-electron chi connectivity index (χ4n) is 1.30. The van der Waals surface area contributed by atoms with Gasteiger partial charge in [0.1, 0.15) is 9.61 Å². The number of hydrogen-bond donors (Lipinski definition) is 2. The number of carbonyl (C=O) groups excluding carboxylic acids is 1. The molecule has 0 aliphatic rings. The van der Waals surface area contributed by atoms with E-state index in [0.717, 1.165) is 0 Å². The third kappa shape index (κ3) is 3.36. The number of amides is 1. The van der Waals surface area contributed by atoms with Crippen LogP contribution >= 0.6 is 27.3 Å². The fraction of sp³-hybridized carbons (Fsp3) is 0.0909. The number of halogens is 1. The standard InChI is InChI=1S/C11H8BrN3O3S/c12-9-6(2-1-3-13-9)10(16)14-4-8-15-7(5-19-8)11(17)18/h1-3,5H,4H2,(H,14,16)(H,17,18). The molecule has 0 saturated carbocycles. The molecule has 2 aromatic rings. The van der Waals surface area contributed by atoms with E-state index in [4.69, 9.17) is 5.11 Å². The molecule has 0 aliphatic carbocycles. The van der Waals surface area contributed by atoms with E-state index in [0.29, 0.717) is 15.2 Å². The third-order valence-corrected chi connectivity index (χ3v) is 3.66. The van der Waals surface area contributed by atoms with Crippen LogP contribution in [0.15, 0.2) is 28.3 Å². The molecule has 8 heteroatoms. The SMILES string of the molecule is O=C(O)c1csc(CNC(=O)c2cccnc2Br)n1. The molecule has 0 saturated heterocycles. The largest absolute Gasteiger partial charge is 0.476 e. The summed E-state index contributed by atoms with van der Waals surface area (Å²) in [6.07, 6.45) is 1.57. The number of thiazole rings is 1. The number of carboxylic acids is 1. The van der Waals surface area contributed by atoms with Crippen LogP contribution in [0.5, 0.6) is 0 Å². The maximum Gasteiger partial charge on any atom is 0.355 e. The Morgan fingerprint density at radius 1 is 1.47 bits per heavy atom. The lowest BCUT2D eigenvalue weighted by atomic mass is 10.3. The summed E-state index contributed by atoms with van der Waals surface area (Å²) in [5.74, 6) is -1.38. The van der Waals surface area contributed by atoms with Crippen molar-refractivity contribution in [2.24, 2.45) is 0 Å². The van der Waals surface area contributed by atoms with Crippen molar-refractivity contribution in [3.8, 4) is 0 Å². The first-order chi connectivity index (χ1) is 9.08. The normalized spacial score (nSPS) is 10.2. The number of aromatic carboxylic acids is 1. The summed E-state index contributed by atoms with van der Waals surface area (Å²) in [6.45, 7) is 0.179. The molecule has 0 bridgehead atoms. The summed E-state index contributed by atoms with van der Waals surface area (Å²) < 4.78 is 0.456. The van der Waals surface area contributed by atoms with E-state index in [1.165, 1.54) is 16.7 Å². The molecule has 2 rings (SSSR count). The Hall–Kier alpha value is -1.80. The number of nitrogens with zero attached hydrogens (tertiary/aromatic N) is 2. The highest BCUT2D eigenvalue weighted by Gasteiger charge is 2.12. The smallest absolute Gasteiger partial charge is 0.355 e. The average molecular weight is 342 g/mol. The minimum atomic E-state index is -1.08. The Balaban J connectivity index is 2.00. The van der Waals surface area contributed by atoms with Crippen LogP contribution in [0.4, 0.5) is 0 Å². The van der Waals surface area contributed by atoms with Crippen LogP contribution in [-0.2, 0) is 6.54 Å². The van der Waals surface area contributed by atoms with Gasteiger partial charge in [0.2, 0.25) is 0 Å². The van der Waals surface area contributed by atoms with Crippen molar-refractivity contribution in [2.75, 3.05) is 0 Å². The van der Waals surface area contributed by atoms with Gasteiger partial charge in [-0.15, -0.1) is 11.3 Å². The molecule has 19 heavy (non-hydrogen) atoms. The lowest BCUT2D eigenvalue weighted by molar-refractivity contribution is 0.0691. The van der Waals surface area contributed by atoms with Gasteiger partial charge in [0.15, 0.2) is 5.69 Å². The lowest BCUT2D eigenvalue weighted by Crippen LogP contribution is -2.23. The van der Waals surface area contributed by atoms with Crippen LogP contribution in [0.25, 0.3) is 0 Å². The summed E-state index contributed by atoms with van der Waals surface area (Å²) in [5.41, 5.74) is 0.398. The first kappa shape index (κ1) is 13.6. The van der Waals surface area contributed by atoms with Gasteiger partial charge < -0.3 is 10.4 Å². The van der Waals surface area contributed by atoms with Gasteiger partial charge >= 0.3 is 5.97 Å². The zero-order valence-electron chi connectivity index (χ0n) is 9.46. The van der Waals surface area contributed by atoms with Crippen molar-refractivity contribution in [1.29, 1.82) is 0 Å². The molecule has 0 aromatic carbocycles. The van der Waals surface area contributed by atoms with Gasteiger partial charge in [0, 0.05) is 11.6 Å². The number of aromatic nitrogens is 2. The van der Waals surface area contributed by atoms with Crippen LogP contribution in [0.1, 0.15) is 25.9 Å². The van der Waals surface area contributed by atoms with Gasteiger partial charge in [0.05, 0.1) is 12.1 Å². The van der Waals surface area contributed by atoms with E-state index in [2.05, 4.69) is 31.2 Å². The summed E-state index contributed by atoms with van der Waals surface area (Å²) in [6, 6.07) is 3.29. The molecular formula is C11H8BrN3O3S. The third-order valence-electron chi connectivity index (χ3n) is 2.17. The second-order valence-electron chi connectivity index (χ2n) is 3.46. The van der Waals surface area contributed by atoms with Crippen molar-refractivity contribution in [3.05, 3.63) is 44.6 Å². The first-order valence-corrected chi connectivity index (χ1v) is 6.81. The van der Waals surface area contributed by atoms with Crippen LogP contribution in [0.3, 0.4) is 0 Å². The molecule has 0 atom stereocenters. The lowest BCUT2D eigenvalue weighted by Gasteiger charge is -2.04. The zero-order valence-corrected chi connectivity index (χ0v) is 11.9. The second-order valence-corrected chi connectivity index (χ2v) is 5.15. The minimum Gasteiger partial charge on any atom is -0.476 e. The van der Waals surface area contributed by atoms with Crippen LogP contribution in [0, 0.1) is 0 Å². The van der Waals surface area contributed by atoms with E-state index in [-0.39, 0.29) is 18.1 Å². The maximum atomic E-state index is 11.9. The maximum absolute atomic E-state index is 11.9. The van der Waals surface area contributed by atoms with E-state index in [1.807, 2.05) is 0 Å². The van der Waals surface area contributed by atoms with Crippen molar-refractivity contribution in [2.45, 2.75) is 6.54 Å². The van der Waals surface area contributed by atoms with Gasteiger partial charge in [-0.2, -0.15) is 0 Å². The predicted molar refractivity (Wildman–Crippen MR) is 72.2 cm³/mol. The molecule has 0 radical (unpaired) electrons. The number of rotatable bonds is 4. The Labute approximate surface area is 120 Å². The Kier molecular flexibility index (Phi) is 4.23. The Morgan fingerprint density at radius 2 is 2.26 bits per heavy atom. The molecule has 0 spiro atoms. The van der Waals surface area contributed by atoms with Crippen molar-refractivity contribution in [1.82, 2.24) is 15.3 Å². The number of pyridine rings is 1. The van der Waals surface area contributed by atoms with E-state index < -0.39 is 5.97 Å². The molecule has 2 N–H and O–H groups in total. The van der Waals surface area contributed by atoms with E-state index >= 15 is 0 Å². The summed E-state index contributed by atoms with van der Waals surface area (Å²) in [4.78, 5) is 30.3. The van der Waals surface area contributed by atoms with Gasteiger partial charge in [-0.25, -0.2) is 14.8 Å². The quantitative estimate of drug-likeness (QED) is 0.829. The molecular weight excluding hydrogens is 334 g/mol. The molecule has 1 amide bonds. The molecule has 98 valence electrons. The minimum absolute atomic E-state index is 0.0168.